The Morgan fingerprint density at radius 1 is 1.08 bits per heavy atom. The summed E-state index contributed by atoms with van der Waals surface area (Å²) in [5, 5.41) is 12.0. The van der Waals surface area contributed by atoms with Gasteiger partial charge in [-0.1, -0.05) is 29.3 Å². The second-order valence-electron chi connectivity index (χ2n) is 6.20. The zero-order valence-electron chi connectivity index (χ0n) is 14.6. The van der Waals surface area contributed by atoms with Crippen LogP contribution in [0.2, 0.25) is 10.0 Å². The molecule has 0 spiro atoms. The quantitative estimate of drug-likeness (QED) is 0.685. The van der Waals surface area contributed by atoms with Crippen molar-refractivity contribution in [2.75, 3.05) is 19.0 Å². The molecule has 2 rings (SSSR count). The van der Waals surface area contributed by atoms with Crippen LogP contribution >= 0.6 is 30.6 Å². The molecule has 0 heterocycles. The molecule has 0 saturated carbocycles. The van der Waals surface area contributed by atoms with Crippen LogP contribution in [0.25, 0.3) is 0 Å². The number of nitrogens with zero attached hydrogens (tertiary/aromatic N) is 1. The Hall–Kier alpha value is -1.03. The maximum absolute atomic E-state index is 13.7. The van der Waals surface area contributed by atoms with Crippen LogP contribution < -0.4 is 10.2 Å². The number of aliphatic hydroxyl groups excluding tert-OH is 1. The number of benzene rings is 2. The maximum Gasteiger partial charge on any atom is 0.264 e. The van der Waals surface area contributed by atoms with Gasteiger partial charge in [-0.25, -0.2) is 0 Å². The fourth-order valence-electron chi connectivity index (χ4n) is 2.43. The van der Waals surface area contributed by atoms with Crippen molar-refractivity contribution in [3.63, 3.8) is 0 Å². The normalized spacial score (nSPS) is 15.0. The molecule has 0 fully saturated rings. The summed E-state index contributed by atoms with van der Waals surface area (Å²) in [6, 6.07) is 11.8. The van der Waals surface area contributed by atoms with Gasteiger partial charge in [-0.15, -0.1) is 0 Å². The van der Waals surface area contributed by atoms with Crippen LogP contribution in [-0.2, 0) is 9.09 Å². The summed E-state index contributed by atoms with van der Waals surface area (Å²) in [4.78, 5) is 1.94. The minimum Gasteiger partial charge on any atom is -0.378 e. The minimum atomic E-state index is -3.62. The highest BCUT2D eigenvalue weighted by Gasteiger charge is 2.38. The lowest BCUT2D eigenvalue weighted by Gasteiger charge is -2.27. The molecule has 2 aromatic rings. The Bertz CT molecular complexity index is 778. The molecule has 1 N–H and O–H groups in total. The van der Waals surface area contributed by atoms with Gasteiger partial charge in [-0.05, 0) is 50.2 Å². The molecule has 0 saturated heterocycles. The fourth-order valence-corrected chi connectivity index (χ4v) is 5.32. The van der Waals surface area contributed by atoms with Crippen LogP contribution in [0.15, 0.2) is 42.5 Å². The van der Waals surface area contributed by atoms with Gasteiger partial charge in [0.05, 0.1) is 6.10 Å². The van der Waals surface area contributed by atoms with E-state index in [9.17, 15) is 9.67 Å². The van der Waals surface area contributed by atoms with Gasteiger partial charge < -0.3 is 14.5 Å². The lowest BCUT2D eigenvalue weighted by molar-refractivity contribution is 0.189. The molecule has 0 bridgehead atoms. The van der Waals surface area contributed by atoms with E-state index in [-0.39, 0.29) is 11.1 Å². The number of anilines is 1. The van der Waals surface area contributed by atoms with E-state index in [0.29, 0.717) is 15.9 Å². The number of hydrogen-bond donors (Lipinski definition) is 1. The van der Waals surface area contributed by atoms with Crippen LogP contribution in [0.1, 0.15) is 25.3 Å². The number of hydrogen-bond acceptors (Lipinski definition) is 4. The van der Waals surface area contributed by atoms with Crippen molar-refractivity contribution in [1.82, 2.24) is 0 Å². The SMILES string of the molecule is CC(C)O[P@@](=O)(c1ccc(N(C)C)cc1)[C@@H](O)c1ccc(Cl)cc1Cl. The Morgan fingerprint density at radius 2 is 1.68 bits per heavy atom. The van der Waals surface area contributed by atoms with Gasteiger partial charge in [0.15, 0.2) is 5.85 Å². The topological polar surface area (TPSA) is 49.8 Å². The Kier molecular flexibility index (Phi) is 6.58. The van der Waals surface area contributed by atoms with Crippen LogP contribution in [0.5, 0.6) is 0 Å². The van der Waals surface area contributed by atoms with E-state index in [0.717, 1.165) is 5.69 Å². The molecule has 4 nitrogen and oxygen atoms in total. The van der Waals surface area contributed by atoms with Crippen LogP contribution in [0.3, 0.4) is 0 Å². The molecule has 0 amide bonds. The van der Waals surface area contributed by atoms with Crippen molar-refractivity contribution in [3.8, 4) is 0 Å². The van der Waals surface area contributed by atoms with E-state index in [4.69, 9.17) is 27.7 Å². The second kappa shape index (κ2) is 8.11. The zero-order chi connectivity index (χ0) is 18.8. The smallest absolute Gasteiger partial charge is 0.264 e. The first-order valence-corrected chi connectivity index (χ1v) is 10.3. The summed E-state index contributed by atoms with van der Waals surface area (Å²) in [5.74, 6) is -1.38. The lowest BCUT2D eigenvalue weighted by Crippen LogP contribution is -2.18. The van der Waals surface area contributed by atoms with E-state index >= 15 is 0 Å². The molecular formula is C18H22Cl2NO3P. The summed E-state index contributed by atoms with van der Waals surface area (Å²) < 4.78 is 19.4. The predicted molar refractivity (Wildman–Crippen MR) is 106 cm³/mol. The molecule has 0 aliphatic carbocycles. The third-order valence-electron chi connectivity index (χ3n) is 3.66. The zero-order valence-corrected chi connectivity index (χ0v) is 17.0. The summed E-state index contributed by atoms with van der Waals surface area (Å²) in [6.07, 6.45) is -0.333. The summed E-state index contributed by atoms with van der Waals surface area (Å²) in [6.45, 7) is 3.55. The van der Waals surface area contributed by atoms with Crippen LogP contribution in [0, 0.1) is 0 Å². The molecule has 7 heteroatoms. The molecule has 0 unspecified atom stereocenters. The summed E-state index contributed by atoms with van der Waals surface area (Å²) in [5.41, 5.74) is 1.28. The second-order valence-corrected chi connectivity index (χ2v) is 9.46. The molecule has 0 radical (unpaired) electrons. The van der Waals surface area contributed by atoms with Gasteiger partial charge in [0.25, 0.3) is 7.37 Å². The third-order valence-corrected chi connectivity index (χ3v) is 6.89. The molecule has 0 aliphatic heterocycles. The van der Waals surface area contributed by atoms with Gasteiger partial charge in [0.1, 0.15) is 0 Å². The van der Waals surface area contributed by atoms with Gasteiger partial charge in [0, 0.05) is 40.7 Å². The van der Waals surface area contributed by atoms with Gasteiger partial charge in [-0.3, -0.25) is 4.57 Å². The van der Waals surface area contributed by atoms with Crippen LogP contribution in [0.4, 0.5) is 5.69 Å². The first kappa shape index (κ1) is 20.3. The third kappa shape index (κ3) is 4.58. The molecule has 2 aromatic carbocycles. The summed E-state index contributed by atoms with van der Waals surface area (Å²) >= 11 is 12.1. The Balaban J connectivity index is 2.51. The lowest BCUT2D eigenvalue weighted by atomic mass is 10.2. The monoisotopic (exact) mass is 401 g/mol. The summed E-state index contributed by atoms with van der Waals surface area (Å²) in [7, 11) is 0.213. The van der Waals surface area contributed by atoms with Gasteiger partial charge >= 0.3 is 0 Å². The fraction of sp³-hybridized carbons (Fsp3) is 0.333. The molecule has 2 atom stereocenters. The molecule has 25 heavy (non-hydrogen) atoms. The Morgan fingerprint density at radius 3 is 2.16 bits per heavy atom. The molecule has 0 aliphatic rings. The minimum absolute atomic E-state index is 0.248. The maximum atomic E-state index is 13.7. The van der Waals surface area contributed by atoms with Crippen molar-refractivity contribution < 1.29 is 14.2 Å². The number of halogens is 2. The van der Waals surface area contributed by atoms with E-state index in [1.54, 1.807) is 38.1 Å². The van der Waals surface area contributed by atoms with E-state index in [1.165, 1.54) is 6.07 Å². The van der Waals surface area contributed by atoms with Crippen LogP contribution in [-0.4, -0.2) is 25.3 Å². The molecule has 0 aromatic heterocycles. The van der Waals surface area contributed by atoms with E-state index < -0.39 is 13.2 Å². The van der Waals surface area contributed by atoms with E-state index in [2.05, 4.69) is 0 Å². The van der Waals surface area contributed by atoms with Crippen molar-refractivity contribution in [1.29, 1.82) is 0 Å². The number of rotatable bonds is 6. The predicted octanol–water partition coefficient (Wildman–Crippen LogP) is 5.08. The van der Waals surface area contributed by atoms with Crippen molar-refractivity contribution in [3.05, 3.63) is 58.1 Å². The largest absolute Gasteiger partial charge is 0.378 e. The number of aliphatic hydroxyl groups is 1. The first-order valence-electron chi connectivity index (χ1n) is 7.84. The van der Waals surface area contributed by atoms with Crippen molar-refractivity contribution in [2.24, 2.45) is 0 Å². The highest BCUT2D eigenvalue weighted by molar-refractivity contribution is 7.67. The Labute approximate surface area is 158 Å². The highest BCUT2D eigenvalue weighted by atomic mass is 35.5. The van der Waals surface area contributed by atoms with Crippen molar-refractivity contribution >= 4 is 41.6 Å². The molecule has 136 valence electrons. The highest BCUT2D eigenvalue weighted by Crippen LogP contribution is 2.59. The van der Waals surface area contributed by atoms with E-state index in [1.807, 2.05) is 31.1 Å². The average molecular weight is 402 g/mol. The van der Waals surface area contributed by atoms with Gasteiger partial charge in [-0.2, -0.15) is 0 Å². The van der Waals surface area contributed by atoms with Gasteiger partial charge in [0.2, 0.25) is 0 Å². The standard InChI is InChI=1S/C18H22Cl2NO3P/c1-12(2)24-25(23,15-8-6-14(7-9-15)21(3)4)18(22)16-10-5-13(19)11-17(16)20/h5-12,18,22H,1-4H3/t18-,25+/m1/s1. The van der Waals surface area contributed by atoms with Crippen molar-refractivity contribution in [2.45, 2.75) is 25.8 Å². The first-order chi connectivity index (χ1) is 11.6. The molecular weight excluding hydrogens is 380 g/mol. The average Bonchev–Trinajstić information content (AvgIpc) is 2.53.